The van der Waals surface area contributed by atoms with Gasteiger partial charge in [0.1, 0.15) is 19.0 Å². The van der Waals surface area contributed by atoms with E-state index in [0.29, 0.717) is 36.2 Å². The summed E-state index contributed by atoms with van der Waals surface area (Å²) in [5.74, 6) is 1.90. The summed E-state index contributed by atoms with van der Waals surface area (Å²) < 4.78 is 10.4. The van der Waals surface area contributed by atoms with E-state index in [-0.39, 0.29) is 0 Å². The fraction of sp³-hybridized carbons (Fsp3) is 0.250. The number of aromatic nitrogens is 3. The highest BCUT2D eigenvalue weighted by Gasteiger charge is 2.03. The van der Waals surface area contributed by atoms with Crippen molar-refractivity contribution < 1.29 is 9.47 Å². The van der Waals surface area contributed by atoms with Crippen LogP contribution in [-0.4, -0.2) is 22.3 Å². The molecule has 0 fully saturated rings. The fourth-order valence-corrected chi connectivity index (χ4v) is 1.37. The van der Waals surface area contributed by atoms with Crippen LogP contribution in [0.3, 0.4) is 0 Å². The molecule has 0 atom stereocenters. The van der Waals surface area contributed by atoms with E-state index in [1.165, 1.54) is 0 Å². The molecule has 1 aromatic carbocycles. The number of aromatic amines is 1. The van der Waals surface area contributed by atoms with E-state index < -0.39 is 0 Å². The number of hydrogen-bond acceptors (Lipinski definition) is 5. The molecular weight excluding hydrogens is 232 g/mol. The van der Waals surface area contributed by atoms with E-state index in [0.717, 1.165) is 0 Å². The smallest absolute Gasteiger partial charge is 0.176 e. The number of hydrogen-bond donors (Lipinski definition) is 1. The van der Waals surface area contributed by atoms with Gasteiger partial charge in [-0.2, -0.15) is 10.4 Å². The van der Waals surface area contributed by atoms with Crippen LogP contribution in [0.1, 0.15) is 17.2 Å². The predicted molar refractivity (Wildman–Crippen MR) is 62.6 cm³/mol. The zero-order chi connectivity index (χ0) is 12.8. The van der Waals surface area contributed by atoms with Crippen molar-refractivity contribution in [3.05, 3.63) is 41.5 Å². The summed E-state index contributed by atoms with van der Waals surface area (Å²) in [5.41, 5.74) is 0.601. The van der Waals surface area contributed by atoms with Gasteiger partial charge in [-0.25, -0.2) is 4.98 Å². The summed E-state index contributed by atoms with van der Waals surface area (Å²) in [6, 6.07) is 8.93. The third-order valence-electron chi connectivity index (χ3n) is 2.21. The highest BCUT2D eigenvalue weighted by Crippen LogP contribution is 2.12. The maximum atomic E-state index is 8.66. The number of methoxy groups -OCH3 is 1. The van der Waals surface area contributed by atoms with Crippen LogP contribution in [0.5, 0.6) is 5.75 Å². The lowest BCUT2D eigenvalue weighted by atomic mass is 10.2. The second-order valence-electron chi connectivity index (χ2n) is 3.56. The molecule has 2 rings (SSSR count). The van der Waals surface area contributed by atoms with Gasteiger partial charge in [0.15, 0.2) is 11.6 Å². The highest BCUT2D eigenvalue weighted by molar-refractivity contribution is 5.34. The number of H-pyrrole nitrogens is 1. The number of rotatable bonds is 5. The molecule has 1 N–H and O–H groups in total. The molecule has 0 unspecified atom stereocenters. The molecule has 0 bridgehead atoms. The van der Waals surface area contributed by atoms with Crippen molar-refractivity contribution in [1.29, 1.82) is 5.26 Å². The Labute approximate surface area is 104 Å². The van der Waals surface area contributed by atoms with E-state index in [4.69, 9.17) is 14.7 Å². The van der Waals surface area contributed by atoms with Crippen molar-refractivity contribution in [2.75, 3.05) is 7.11 Å². The first kappa shape index (κ1) is 12.1. The Morgan fingerprint density at radius 3 is 2.72 bits per heavy atom. The third kappa shape index (κ3) is 3.06. The Hall–Kier alpha value is -2.39. The van der Waals surface area contributed by atoms with E-state index in [1.54, 1.807) is 31.4 Å². The van der Waals surface area contributed by atoms with E-state index >= 15 is 0 Å². The van der Waals surface area contributed by atoms with Crippen molar-refractivity contribution in [3.8, 4) is 11.8 Å². The van der Waals surface area contributed by atoms with Gasteiger partial charge in [-0.3, -0.25) is 5.10 Å². The lowest BCUT2D eigenvalue weighted by Gasteiger charge is -2.02. The van der Waals surface area contributed by atoms with Crippen molar-refractivity contribution in [2.45, 2.75) is 13.2 Å². The maximum Gasteiger partial charge on any atom is 0.176 e. The molecule has 0 saturated heterocycles. The normalized spacial score (nSPS) is 10.0. The van der Waals surface area contributed by atoms with Gasteiger partial charge in [0.2, 0.25) is 0 Å². The van der Waals surface area contributed by atoms with Crippen LogP contribution in [0.2, 0.25) is 0 Å². The lowest BCUT2D eigenvalue weighted by Crippen LogP contribution is -1.98. The average Bonchev–Trinajstić information content (AvgIpc) is 2.85. The Morgan fingerprint density at radius 1 is 1.28 bits per heavy atom. The van der Waals surface area contributed by atoms with Crippen molar-refractivity contribution in [1.82, 2.24) is 15.2 Å². The van der Waals surface area contributed by atoms with Crippen LogP contribution >= 0.6 is 0 Å². The molecule has 0 aliphatic carbocycles. The molecule has 0 aliphatic rings. The Bertz CT molecular complexity index is 542. The summed E-state index contributed by atoms with van der Waals surface area (Å²) in [6.07, 6.45) is 0. The molecule has 0 radical (unpaired) electrons. The molecule has 0 aliphatic heterocycles. The summed E-state index contributed by atoms with van der Waals surface area (Å²) in [7, 11) is 1.59. The molecule has 0 amide bonds. The van der Waals surface area contributed by atoms with Gasteiger partial charge < -0.3 is 9.47 Å². The van der Waals surface area contributed by atoms with Gasteiger partial charge in [-0.05, 0) is 24.3 Å². The van der Waals surface area contributed by atoms with E-state index in [1.807, 2.05) is 6.07 Å². The monoisotopic (exact) mass is 244 g/mol. The maximum absolute atomic E-state index is 8.66. The first-order valence-electron chi connectivity index (χ1n) is 5.34. The second kappa shape index (κ2) is 5.80. The minimum Gasteiger partial charge on any atom is -0.486 e. The molecule has 1 heterocycles. The number of nitrogens with one attached hydrogen (secondary N) is 1. The third-order valence-corrected chi connectivity index (χ3v) is 2.21. The van der Waals surface area contributed by atoms with Crippen LogP contribution in [0.25, 0.3) is 0 Å². The molecule has 18 heavy (non-hydrogen) atoms. The van der Waals surface area contributed by atoms with Crippen LogP contribution in [0, 0.1) is 11.3 Å². The van der Waals surface area contributed by atoms with Gasteiger partial charge in [0.25, 0.3) is 0 Å². The Kier molecular flexibility index (Phi) is 3.89. The van der Waals surface area contributed by atoms with E-state index in [9.17, 15) is 0 Å². The van der Waals surface area contributed by atoms with Crippen LogP contribution < -0.4 is 4.74 Å². The number of ether oxygens (including phenoxy) is 2. The zero-order valence-electron chi connectivity index (χ0n) is 9.88. The minimum atomic E-state index is 0.294. The molecule has 0 spiro atoms. The summed E-state index contributed by atoms with van der Waals surface area (Å²) in [6.45, 7) is 0.663. The van der Waals surface area contributed by atoms with Gasteiger partial charge in [-0.1, -0.05) is 0 Å². The summed E-state index contributed by atoms with van der Waals surface area (Å²) in [4.78, 5) is 4.18. The van der Waals surface area contributed by atoms with Crippen LogP contribution in [0.15, 0.2) is 24.3 Å². The van der Waals surface area contributed by atoms with Crippen molar-refractivity contribution in [3.63, 3.8) is 0 Å². The molecular formula is C12H12N4O2. The Morgan fingerprint density at radius 2 is 2.06 bits per heavy atom. The standard InChI is InChI=1S/C12H12N4O2/c1-17-7-11-14-12(16-15-11)8-18-10-4-2-9(6-13)3-5-10/h2-5H,7-8H2,1H3,(H,14,15,16). The van der Waals surface area contributed by atoms with Crippen LogP contribution in [0.4, 0.5) is 0 Å². The van der Waals surface area contributed by atoms with Crippen molar-refractivity contribution >= 4 is 0 Å². The quantitative estimate of drug-likeness (QED) is 0.859. The van der Waals surface area contributed by atoms with Crippen molar-refractivity contribution in [2.24, 2.45) is 0 Å². The molecule has 92 valence electrons. The lowest BCUT2D eigenvalue weighted by molar-refractivity contribution is 0.178. The topological polar surface area (TPSA) is 83.8 Å². The predicted octanol–water partition coefficient (Wildman–Crippen LogP) is 1.40. The fourth-order valence-electron chi connectivity index (χ4n) is 1.37. The first-order chi connectivity index (χ1) is 8.81. The number of benzene rings is 1. The molecule has 1 aromatic heterocycles. The van der Waals surface area contributed by atoms with Gasteiger partial charge in [-0.15, -0.1) is 0 Å². The van der Waals surface area contributed by atoms with Gasteiger partial charge >= 0.3 is 0 Å². The largest absolute Gasteiger partial charge is 0.486 e. The SMILES string of the molecule is COCc1n[nH]c(COc2ccc(C#N)cc2)n1. The number of nitrogens with zero attached hydrogens (tertiary/aromatic N) is 3. The Balaban J connectivity index is 1.91. The summed E-state index contributed by atoms with van der Waals surface area (Å²) >= 11 is 0. The minimum absolute atomic E-state index is 0.294. The molecule has 2 aromatic rings. The van der Waals surface area contributed by atoms with Gasteiger partial charge in [0, 0.05) is 7.11 Å². The zero-order valence-corrected chi connectivity index (χ0v) is 9.88. The van der Waals surface area contributed by atoms with Gasteiger partial charge in [0.05, 0.1) is 11.6 Å². The first-order valence-corrected chi connectivity index (χ1v) is 5.34. The summed E-state index contributed by atoms with van der Waals surface area (Å²) in [5, 5.41) is 15.4. The number of nitriles is 1. The second-order valence-corrected chi connectivity index (χ2v) is 3.56. The molecule has 6 nitrogen and oxygen atoms in total. The molecule has 6 heteroatoms. The molecule has 0 saturated carbocycles. The van der Waals surface area contributed by atoms with Crippen LogP contribution in [-0.2, 0) is 18.0 Å². The average molecular weight is 244 g/mol. The highest BCUT2D eigenvalue weighted by atomic mass is 16.5. The van der Waals surface area contributed by atoms with E-state index in [2.05, 4.69) is 15.2 Å².